The number of ether oxygens (including phenoxy) is 1. The highest BCUT2D eigenvalue weighted by atomic mass is 16.5. The Kier molecular flexibility index (Phi) is 5.20. The highest BCUT2D eigenvalue weighted by Crippen LogP contribution is 2.24. The average molecular weight is 234 g/mol. The molecule has 0 aliphatic heterocycles. The van der Waals surface area contributed by atoms with Crippen LogP contribution < -0.4 is 0 Å². The lowest BCUT2D eigenvalue weighted by molar-refractivity contribution is -0.142. The van der Waals surface area contributed by atoms with Crippen molar-refractivity contribution in [3.8, 4) is 0 Å². The quantitative estimate of drug-likeness (QED) is 0.723. The molecule has 0 heterocycles. The molecule has 1 aromatic carbocycles. The van der Waals surface area contributed by atoms with Crippen LogP contribution in [-0.2, 0) is 9.53 Å². The Morgan fingerprint density at radius 2 is 1.71 bits per heavy atom. The van der Waals surface area contributed by atoms with Crippen molar-refractivity contribution < 1.29 is 9.53 Å². The van der Waals surface area contributed by atoms with Crippen molar-refractivity contribution in [1.82, 2.24) is 0 Å². The maximum Gasteiger partial charge on any atom is 0.313 e. The van der Waals surface area contributed by atoms with Crippen LogP contribution in [0.2, 0.25) is 0 Å². The van der Waals surface area contributed by atoms with Crippen LogP contribution in [0.3, 0.4) is 0 Å². The first-order chi connectivity index (χ1) is 8.10. The van der Waals surface area contributed by atoms with Gasteiger partial charge in [-0.15, -0.1) is 0 Å². The van der Waals surface area contributed by atoms with E-state index in [4.69, 9.17) is 4.74 Å². The second kappa shape index (κ2) is 6.43. The van der Waals surface area contributed by atoms with Crippen LogP contribution in [0.1, 0.15) is 56.6 Å². The van der Waals surface area contributed by atoms with Crippen LogP contribution in [0.25, 0.3) is 0 Å². The first kappa shape index (κ1) is 13.8. The van der Waals surface area contributed by atoms with E-state index in [0.29, 0.717) is 5.92 Å². The number of rotatable bonds is 5. The van der Waals surface area contributed by atoms with Crippen molar-refractivity contribution in [2.24, 2.45) is 0 Å². The summed E-state index contributed by atoms with van der Waals surface area (Å²) in [6.07, 6.45) is 1.82. The molecule has 0 aliphatic rings. The second-order valence-corrected chi connectivity index (χ2v) is 4.69. The van der Waals surface area contributed by atoms with Crippen LogP contribution in [0, 0.1) is 0 Å². The maximum absolute atomic E-state index is 11.7. The van der Waals surface area contributed by atoms with E-state index in [1.54, 1.807) is 0 Å². The van der Waals surface area contributed by atoms with Crippen molar-refractivity contribution in [2.45, 2.75) is 45.4 Å². The Morgan fingerprint density at radius 3 is 2.12 bits per heavy atom. The maximum atomic E-state index is 11.7. The molecule has 0 N–H and O–H groups in total. The van der Waals surface area contributed by atoms with E-state index in [1.165, 1.54) is 12.7 Å². The van der Waals surface area contributed by atoms with Gasteiger partial charge in [0.15, 0.2) is 0 Å². The van der Waals surface area contributed by atoms with E-state index in [1.807, 2.05) is 12.1 Å². The third-order valence-electron chi connectivity index (χ3n) is 3.07. The summed E-state index contributed by atoms with van der Waals surface area (Å²) < 4.78 is 4.86. The van der Waals surface area contributed by atoms with Crippen molar-refractivity contribution in [3.63, 3.8) is 0 Å². The van der Waals surface area contributed by atoms with E-state index in [-0.39, 0.29) is 11.9 Å². The largest absolute Gasteiger partial charge is 0.469 e. The van der Waals surface area contributed by atoms with E-state index in [0.717, 1.165) is 18.4 Å². The average Bonchev–Trinajstić information content (AvgIpc) is 2.35. The molecule has 0 fully saturated rings. The molecule has 17 heavy (non-hydrogen) atoms. The zero-order valence-electron chi connectivity index (χ0n) is 11.2. The monoisotopic (exact) mass is 234 g/mol. The zero-order chi connectivity index (χ0) is 12.8. The lowest BCUT2D eigenvalue weighted by atomic mass is 9.92. The van der Waals surface area contributed by atoms with Gasteiger partial charge in [0.1, 0.15) is 0 Å². The summed E-state index contributed by atoms with van der Waals surface area (Å²) in [5, 5.41) is 0. The third kappa shape index (κ3) is 3.58. The van der Waals surface area contributed by atoms with Crippen LogP contribution in [-0.4, -0.2) is 13.1 Å². The molecule has 1 rings (SSSR count). The Bertz CT molecular complexity index is 352. The number of esters is 1. The number of hydrogen-bond acceptors (Lipinski definition) is 2. The number of carbonyl (C=O) groups excluding carboxylic acids is 1. The normalized spacial score (nSPS) is 12.5. The predicted octanol–water partition coefficient (Wildman–Crippen LogP) is 3.87. The predicted molar refractivity (Wildman–Crippen MR) is 70.2 cm³/mol. The van der Waals surface area contributed by atoms with Gasteiger partial charge in [-0.3, -0.25) is 4.79 Å². The first-order valence-corrected chi connectivity index (χ1v) is 6.27. The summed E-state index contributed by atoms with van der Waals surface area (Å²) in [5.41, 5.74) is 2.36. The SMILES string of the molecule is CCCC(C(=O)OC)c1ccc(C(C)C)cc1. The van der Waals surface area contributed by atoms with E-state index in [2.05, 4.69) is 32.9 Å². The van der Waals surface area contributed by atoms with E-state index in [9.17, 15) is 4.79 Å². The molecule has 1 aromatic rings. The van der Waals surface area contributed by atoms with Gasteiger partial charge in [0.2, 0.25) is 0 Å². The standard InChI is InChI=1S/C15H22O2/c1-5-6-14(15(16)17-4)13-9-7-12(8-10-13)11(2)3/h7-11,14H,5-6H2,1-4H3. The van der Waals surface area contributed by atoms with Gasteiger partial charge in [-0.05, 0) is 23.5 Å². The summed E-state index contributed by atoms with van der Waals surface area (Å²) in [6.45, 7) is 6.41. The molecule has 94 valence electrons. The Hall–Kier alpha value is -1.31. The summed E-state index contributed by atoms with van der Waals surface area (Å²) in [4.78, 5) is 11.7. The Balaban J connectivity index is 2.91. The van der Waals surface area contributed by atoms with Crippen LogP contribution >= 0.6 is 0 Å². The third-order valence-corrected chi connectivity index (χ3v) is 3.07. The lowest BCUT2D eigenvalue weighted by Crippen LogP contribution is -2.14. The Morgan fingerprint density at radius 1 is 1.18 bits per heavy atom. The summed E-state index contributed by atoms with van der Waals surface area (Å²) in [7, 11) is 1.45. The molecule has 0 amide bonds. The van der Waals surface area contributed by atoms with Crippen molar-refractivity contribution in [3.05, 3.63) is 35.4 Å². The smallest absolute Gasteiger partial charge is 0.313 e. The molecule has 0 saturated carbocycles. The first-order valence-electron chi connectivity index (χ1n) is 6.27. The van der Waals surface area contributed by atoms with E-state index >= 15 is 0 Å². The van der Waals surface area contributed by atoms with E-state index < -0.39 is 0 Å². The van der Waals surface area contributed by atoms with Crippen LogP contribution in [0.4, 0.5) is 0 Å². The molecular weight excluding hydrogens is 212 g/mol. The highest BCUT2D eigenvalue weighted by molar-refractivity contribution is 5.78. The lowest BCUT2D eigenvalue weighted by Gasteiger charge is -2.15. The second-order valence-electron chi connectivity index (χ2n) is 4.69. The molecule has 0 aromatic heterocycles. The van der Waals surface area contributed by atoms with Crippen molar-refractivity contribution >= 4 is 5.97 Å². The number of benzene rings is 1. The zero-order valence-corrected chi connectivity index (χ0v) is 11.2. The fourth-order valence-corrected chi connectivity index (χ4v) is 1.96. The van der Waals surface area contributed by atoms with Gasteiger partial charge in [-0.2, -0.15) is 0 Å². The topological polar surface area (TPSA) is 26.3 Å². The number of carbonyl (C=O) groups is 1. The minimum Gasteiger partial charge on any atom is -0.469 e. The fraction of sp³-hybridized carbons (Fsp3) is 0.533. The highest BCUT2D eigenvalue weighted by Gasteiger charge is 2.20. The number of methoxy groups -OCH3 is 1. The van der Waals surface area contributed by atoms with Crippen molar-refractivity contribution in [1.29, 1.82) is 0 Å². The summed E-state index contributed by atoms with van der Waals surface area (Å²) in [5.74, 6) is 0.266. The van der Waals surface area contributed by atoms with Crippen molar-refractivity contribution in [2.75, 3.05) is 7.11 Å². The fourth-order valence-electron chi connectivity index (χ4n) is 1.96. The summed E-state index contributed by atoms with van der Waals surface area (Å²) in [6, 6.07) is 8.30. The van der Waals surface area contributed by atoms with Gasteiger partial charge in [-0.25, -0.2) is 0 Å². The van der Waals surface area contributed by atoms with Gasteiger partial charge < -0.3 is 4.74 Å². The molecule has 0 spiro atoms. The van der Waals surface area contributed by atoms with Gasteiger partial charge in [0.05, 0.1) is 13.0 Å². The van der Waals surface area contributed by atoms with Gasteiger partial charge >= 0.3 is 5.97 Å². The van der Waals surface area contributed by atoms with Crippen LogP contribution in [0.15, 0.2) is 24.3 Å². The molecule has 0 aliphatic carbocycles. The minimum absolute atomic E-state index is 0.119. The Labute approximate surface area is 104 Å². The van der Waals surface area contributed by atoms with Gasteiger partial charge in [0, 0.05) is 0 Å². The number of hydrogen-bond donors (Lipinski definition) is 0. The molecule has 0 saturated heterocycles. The van der Waals surface area contributed by atoms with Crippen LogP contribution in [0.5, 0.6) is 0 Å². The molecule has 0 radical (unpaired) electrons. The minimum atomic E-state index is -0.135. The molecular formula is C15H22O2. The van der Waals surface area contributed by atoms with Gasteiger partial charge in [-0.1, -0.05) is 51.5 Å². The summed E-state index contributed by atoms with van der Waals surface area (Å²) >= 11 is 0. The molecule has 2 heteroatoms. The molecule has 2 nitrogen and oxygen atoms in total. The molecule has 1 atom stereocenters. The van der Waals surface area contributed by atoms with Gasteiger partial charge in [0.25, 0.3) is 0 Å². The molecule has 0 bridgehead atoms. The molecule has 1 unspecified atom stereocenters.